The van der Waals surface area contributed by atoms with Gasteiger partial charge in [0, 0.05) is 24.7 Å². The highest BCUT2D eigenvalue weighted by atomic mass is 35.5. The summed E-state index contributed by atoms with van der Waals surface area (Å²) in [6, 6.07) is 7.96. The van der Waals surface area contributed by atoms with E-state index in [0.717, 1.165) is 43.9 Å². The van der Waals surface area contributed by atoms with Gasteiger partial charge >= 0.3 is 6.09 Å². The third-order valence-electron chi connectivity index (χ3n) is 3.45. The number of nitrogens with two attached hydrogens (primary N) is 1. The van der Waals surface area contributed by atoms with Crippen molar-refractivity contribution in [2.45, 2.75) is 25.4 Å². The predicted octanol–water partition coefficient (Wildman–Crippen LogP) is 2.44. The third kappa shape index (κ3) is 4.73. The first-order chi connectivity index (χ1) is 9.13. The number of primary amides is 1. The van der Waals surface area contributed by atoms with Gasteiger partial charge in [-0.05, 0) is 37.0 Å². The number of ether oxygens (including phenoxy) is 1. The highest BCUT2D eigenvalue weighted by Gasteiger charge is 2.20. The van der Waals surface area contributed by atoms with Gasteiger partial charge in [-0.1, -0.05) is 23.7 Å². The van der Waals surface area contributed by atoms with Crippen LogP contribution in [0.4, 0.5) is 4.79 Å². The van der Waals surface area contributed by atoms with Crippen LogP contribution >= 0.6 is 11.6 Å². The highest BCUT2D eigenvalue weighted by Crippen LogP contribution is 2.15. The summed E-state index contributed by atoms with van der Waals surface area (Å²) >= 11 is 5.86. The first kappa shape index (κ1) is 14.2. The Morgan fingerprint density at radius 1 is 1.32 bits per heavy atom. The zero-order valence-electron chi connectivity index (χ0n) is 10.8. The second-order valence-electron chi connectivity index (χ2n) is 4.85. The molecule has 1 heterocycles. The average molecular weight is 283 g/mol. The Morgan fingerprint density at radius 3 is 2.53 bits per heavy atom. The Balaban J connectivity index is 1.71. The minimum atomic E-state index is -0.667. The fourth-order valence-corrected chi connectivity index (χ4v) is 2.48. The SMILES string of the molecule is NC(=O)OC1CCN(CCc2ccc(Cl)cc2)CC1. The lowest BCUT2D eigenvalue weighted by molar-refractivity contribution is 0.0566. The van der Waals surface area contributed by atoms with Crippen molar-refractivity contribution in [1.29, 1.82) is 0 Å². The van der Waals surface area contributed by atoms with Crippen molar-refractivity contribution in [3.63, 3.8) is 0 Å². The summed E-state index contributed by atoms with van der Waals surface area (Å²) in [7, 11) is 0. The second kappa shape index (κ2) is 6.78. The number of piperidine rings is 1. The maximum Gasteiger partial charge on any atom is 0.404 e. The van der Waals surface area contributed by atoms with Crippen LogP contribution in [0.15, 0.2) is 24.3 Å². The molecule has 0 aromatic heterocycles. The Kier molecular flexibility index (Phi) is 5.05. The summed E-state index contributed by atoms with van der Waals surface area (Å²) in [5.74, 6) is 0. The van der Waals surface area contributed by atoms with Crippen molar-refractivity contribution in [2.24, 2.45) is 5.73 Å². The first-order valence-electron chi connectivity index (χ1n) is 6.56. The first-order valence-corrected chi connectivity index (χ1v) is 6.94. The topological polar surface area (TPSA) is 55.6 Å². The molecule has 0 spiro atoms. The molecule has 0 atom stereocenters. The molecule has 1 fully saturated rings. The quantitative estimate of drug-likeness (QED) is 0.923. The molecule has 104 valence electrons. The van der Waals surface area contributed by atoms with Gasteiger partial charge in [0.05, 0.1) is 0 Å². The molecular formula is C14H19ClN2O2. The van der Waals surface area contributed by atoms with Crippen LogP contribution in [0.25, 0.3) is 0 Å². The van der Waals surface area contributed by atoms with Gasteiger partial charge < -0.3 is 15.4 Å². The number of nitrogens with zero attached hydrogens (tertiary/aromatic N) is 1. The number of hydrogen-bond donors (Lipinski definition) is 1. The van der Waals surface area contributed by atoms with Crippen molar-refractivity contribution < 1.29 is 9.53 Å². The molecule has 2 rings (SSSR count). The highest BCUT2D eigenvalue weighted by molar-refractivity contribution is 6.30. The number of carbonyl (C=O) groups excluding carboxylic acids is 1. The number of halogens is 1. The molecule has 0 aliphatic carbocycles. The van der Waals surface area contributed by atoms with E-state index in [1.807, 2.05) is 12.1 Å². The van der Waals surface area contributed by atoms with Crippen molar-refractivity contribution >= 4 is 17.7 Å². The van der Waals surface area contributed by atoms with Crippen LogP contribution in [-0.4, -0.2) is 36.7 Å². The van der Waals surface area contributed by atoms with Crippen LogP contribution in [0, 0.1) is 0 Å². The lowest BCUT2D eigenvalue weighted by Gasteiger charge is -2.31. The molecule has 1 amide bonds. The van der Waals surface area contributed by atoms with Crippen LogP contribution in [0.5, 0.6) is 0 Å². The van der Waals surface area contributed by atoms with E-state index in [0.29, 0.717) is 0 Å². The molecule has 1 aliphatic heterocycles. The standard InChI is InChI=1S/C14H19ClN2O2/c15-12-3-1-11(2-4-12)5-8-17-9-6-13(7-10-17)19-14(16)18/h1-4,13H,5-10H2,(H2,16,18). The predicted molar refractivity (Wildman–Crippen MR) is 75.3 cm³/mol. The summed E-state index contributed by atoms with van der Waals surface area (Å²) in [5.41, 5.74) is 6.31. The zero-order valence-corrected chi connectivity index (χ0v) is 11.6. The van der Waals surface area contributed by atoms with Gasteiger partial charge in [0.2, 0.25) is 0 Å². The normalized spacial score (nSPS) is 17.3. The molecule has 0 unspecified atom stereocenters. The van der Waals surface area contributed by atoms with E-state index in [1.165, 1.54) is 5.56 Å². The van der Waals surface area contributed by atoms with Crippen LogP contribution in [0.2, 0.25) is 5.02 Å². The molecule has 0 bridgehead atoms. The molecule has 1 aliphatic rings. The monoisotopic (exact) mass is 282 g/mol. The van der Waals surface area contributed by atoms with Gasteiger partial charge in [-0.2, -0.15) is 0 Å². The van der Waals surface area contributed by atoms with Crippen LogP contribution in [0.1, 0.15) is 18.4 Å². The fourth-order valence-electron chi connectivity index (χ4n) is 2.35. The van der Waals surface area contributed by atoms with Gasteiger partial charge in [-0.3, -0.25) is 0 Å². The molecule has 1 aromatic rings. The number of carbonyl (C=O) groups is 1. The number of rotatable bonds is 4. The molecule has 5 heteroatoms. The minimum absolute atomic E-state index is 0.00992. The van der Waals surface area contributed by atoms with Gasteiger partial charge in [0.15, 0.2) is 0 Å². The minimum Gasteiger partial charge on any atom is -0.446 e. The molecular weight excluding hydrogens is 264 g/mol. The van der Waals surface area contributed by atoms with Gasteiger partial charge in [0.25, 0.3) is 0 Å². The Hall–Kier alpha value is -1.26. The lowest BCUT2D eigenvalue weighted by Crippen LogP contribution is -2.39. The van der Waals surface area contributed by atoms with Crippen molar-refractivity contribution in [3.8, 4) is 0 Å². The molecule has 1 saturated heterocycles. The van der Waals surface area contributed by atoms with E-state index in [-0.39, 0.29) is 6.10 Å². The van der Waals surface area contributed by atoms with E-state index in [2.05, 4.69) is 17.0 Å². The lowest BCUT2D eigenvalue weighted by atomic mass is 10.1. The molecule has 0 saturated carbocycles. The number of hydrogen-bond acceptors (Lipinski definition) is 3. The Morgan fingerprint density at radius 2 is 1.95 bits per heavy atom. The van der Waals surface area contributed by atoms with Gasteiger partial charge in [-0.15, -0.1) is 0 Å². The van der Waals surface area contributed by atoms with E-state index in [4.69, 9.17) is 22.1 Å². The third-order valence-corrected chi connectivity index (χ3v) is 3.70. The van der Waals surface area contributed by atoms with Gasteiger partial charge in [-0.25, -0.2) is 4.79 Å². The van der Waals surface area contributed by atoms with Gasteiger partial charge in [0.1, 0.15) is 6.10 Å². The van der Waals surface area contributed by atoms with Crippen LogP contribution in [-0.2, 0) is 11.2 Å². The van der Waals surface area contributed by atoms with Crippen LogP contribution in [0.3, 0.4) is 0 Å². The Bertz CT molecular complexity index is 414. The van der Waals surface area contributed by atoms with Crippen molar-refractivity contribution in [1.82, 2.24) is 4.90 Å². The van der Waals surface area contributed by atoms with Crippen molar-refractivity contribution in [3.05, 3.63) is 34.9 Å². The smallest absolute Gasteiger partial charge is 0.404 e. The van der Waals surface area contributed by atoms with E-state index in [9.17, 15) is 4.79 Å². The van der Waals surface area contributed by atoms with E-state index < -0.39 is 6.09 Å². The summed E-state index contributed by atoms with van der Waals surface area (Å²) in [4.78, 5) is 13.0. The summed E-state index contributed by atoms with van der Waals surface area (Å²) in [5, 5.41) is 0.771. The zero-order chi connectivity index (χ0) is 13.7. The average Bonchev–Trinajstić information content (AvgIpc) is 2.39. The van der Waals surface area contributed by atoms with E-state index >= 15 is 0 Å². The molecule has 4 nitrogen and oxygen atoms in total. The summed E-state index contributed by atoms with van der Waals surface area (Å²) in [6.45, 7) is 2.92. The Labute approximate surface area is 118 Å². The van der Waals surface area contributed by atoms with E-state index in [1.54, 1.807) is 0 Å². The summed E-state index contributed by atoms with van der Waals surface area (Å²) < 4.78 is 5.01. The van der Waals surface area contributed by atoms with Crippen LogP contribution < -0.4 is 5.73 Å². The molecule has 2 N–H and O–H groups in total. The number of amides is 1. The van der Waals surface area contributed by atoms with Crippen molar-refractivity contribution in [2.75, 3.05) is 19.6 Å². The second-order valence-corrected chi connectivity index (χ2v) is 5.29. The maximum absolute atomic E-state index is 10.7. The summed E-state index contributed by atoms with van der Waals surface area (Å²) in [6.07, 6.45) is 2.06. The molecule has 0 radical (unpaired) electrons. The molecule has 1 aromatic carbocycles. The maximum atomic E-state index is 10.7. The fraction of sp³-hybridized carbons (Fsp3) is 0.500. The largest absolute Gasteiger partial charge is 0.446 e. The molecule has 19 heavy (non-hydrogen) atoms. The number of benzene rings is 1. The number of likely N-dealkylation sites (tertiary alicyclic amines) is 1.